The smallest absolute Gasteiger partial charge is 0.156 e. The number of hydrogen-bond acceptors (Lipinski definition) is 6. The summed E-state index contributed by atoms with van der Waals surface area (Å²) in [5, 5.41) is 23.0. The minimum atomic E-state index is -0.317. The summed E-state index contributed by atoms with van der Waals surface area (Å²) < 4.78 is 16.8. The predicted octanol–water partition coefficient (Wildman–Crippen LogP) is 3.27. The quantitative estimate of drug-likeness (QED) is 0.546. The van der Waals surface area contributed by atoms with Crippen molar-refractivity contribution in [1.82, 2.24) is 29.7 Å². The molecule has 0 amide bonds. The largest absolute Gasteiger partial charge is 0.395 e. The Morgan fingerprint density at radius 1 is 1.10 bits per heavy atom. The van der Waals surface area contributed by atoms with Gasteiger partial charge in [0.25, 0.3) is 0 Å². The fourth-order valence-corrected chi connectivity index (χ4v) is 4.44. The third kappa shape index (κ3) is 3.77. The topological polar surface area (TPSA) is 79.4 Å². The van der Waals surface area contributed by atoms with E-state index in [1.165, 1.54) is 6.07 Å². The first kappa shape index (κ1) is 20.0. The van der Waals surface area contributed by atoms with Crippen LogP contribution in [-0.4, -0.2) is 61.0 Å². The number of rotatable bonds is 4. The molecule has 1 saturated heterocycles. The Morgan fingerprint density at radius 2 is 1.90 bits per heavy atom. The van der Waals surface area contributed by atoms with Crippen molar-refractivity contribution < 1.29 is 9.50 Å². The van der Waals surface area contributed by atoms with Crippen LogP contribution in [0.15, 0.2) is 30.5 Å². The summed E-state index contributed by atoms with van der Waals surface area (Å²) in [7, 11) is 0. The van der Waals surface area contributed by atoms with Crippen molar-refractivity contribution in [2.75, 3.05) is 26.2 Å². The van der Waals surface area contributed by atoms with Gasteiger partial charge in [0, 0.05) is 23.4 Å². The maximum atomic E-state index is 15.1. The van der Waals surface area contributed by atoms with E-state index in [9.17, 15) is 0 Å². The van der Waals surface area contributed by atoms with Gasteiger partial charge in [0.05, 0.1) is 35.4 Å². The molecule has 1 N–H and O–H groups in total. The number of piperidine rings is 1. The van der Waals surface area contributed by atoms with Crippen LogP contribution < -0.4 is 0 Å². The minimum absolute atomic E-state index is 0.176. The molecule has 5 rings (SSSR count). The van der Waals surface area contributed by atoms with Crippen molar-refractivity contribution in [2.24, 2.45) is 0 Å². The molecular weight excluding hydrogens is 395 g/mol. The normalized spacial score (nSPS) is 15.9. The van der Waals surface area contributed by atoms with E-state index in [1.54, 1.807) is 4.52 Å². The Kier molecular flexibility index (Phi) is 5.11. The van der Waals surface area contributed by atoms with Crippen LogP contribution in [0.2, 0.25) is 0 Å². The molecule has 8 heteroatoms. The van der Waals surface area contributed by atoms with Crippen molar-refractivity contribution in [2.45, 2.75) is 32.6 Å². The van der Waals surface area contributed by atoms with Crippen LogP contribution in [0.4, 0.5) is 4.39 Å². The van der Waals surface area contributed by atoms with Gasteiger partial charge < -0.3 is 10.0 Å². The number of aromatic nitrogens is 5. The summed E-state index contributed by atoms with van der Waals surface area (Å²) in [5.74, 6) is -0.0511. The number of β-amino-alcohol motifs (C(OH)–C–C–N with tert-alkyl or cyclic N) is 1. The van der Waals surface area contributed by atoms with Crippen LogP contribution in [0.1, 0.15) is 35.7 Å². The average Bonchev–Trinajstić information content (AvgIpc) is 3.15. The van der Waals surface area contributed by atoms with Crippen molar-refractivity contribution >= 4 is 16.6 Å². The van der Waals surface area contributed by atoms with E-state index in [0.717, 1.165) is 48.5 Å². The summed E-state index contributed by atoms with van der Waals surface area (Å²) in [6.45, 7) is 6.60. The van der Waals surface area contributed by atoms with Crippen molar-refractivity contribution in [1.29, 1.82) is 0 Å². The minimum Gasteiger partial charge on any atom is -0.395 e. The second-order valence-electron chi connectivity index (χ2n) is 8.36. The zero-order chi connectivity index (χ0) is 21.5. The first-order valence-corrected chi connectivity index (χ1v) is 10.7. The first-order valence-electron chi connectivity index (χ1n) is 10.7. The van der Waals surface area contributed by atoms with Gasteiger partial charge in [0.15, 0.2) is 5.65 Å². The van der Waals surface area contributed by atoms with Gasteiger partial charge in [-0.2, -0.15) is 15.3 Å². The lowest BCUT2D eigenvalue weighted by Gasteiger charge is -2.30. The number of aliphatic hydroxyl groups is 1. The number of halogens is 1. The Hall–Kier alpha value is -2.97. The van der Waals surface area contributed by atoms with E-state index < -0.39 is 0 Å². The zero-order valence-corrected chi connectivity index (χ0v) is 17.7. The summed E-state index contributed by atoms with van der Waals surface area (Å²) in [6.07, 6.45) is 3.74. The van der Waals surface area contributed by atoms with Gasteiger partial charge in [0.2, 0.25) is 0 Å². The SMILES string of the molecule is Cc1cn2nc(-c3cc(F)c4cc(C5CCN(CCO)CC5)nnc4c3)cc(C)c2n1. The van der Waals surface area contributed by atoms with E-state index in [-0.39, 0.29) is 18.3 Å². The second kappa shape index (κ2) is 7.94. The van der Waals surface area contributed by atoms with Gasteiger partial charge in [-0.25, -0.2) is 13.9 Å². The molecule has 3 aromatic heterocycles. The number of fused-ring (bicyclic) bond motifs is 2. The average molecular weight is 420 g/mol. The lowest BCUT2D eigenvalue weighted by Crippen LogP contribution is -2.35. The fourth-order valence-electron chi connectivity index (χ4n) is 4.44. The van der Waals surface area contributed by atoms with Crippen molar-refractivity contribution in [3.8, 4) is 11.3 Å². The number of likely N-dealkylation sites (tertiary alicyclic amines) is 1. The molecule has 0 bridgehead atoms. The van der Waals surface area contributed by atoms with E-state index in [1.807, 2.05) is 38.2 Å². The molecule has 0 saturated carbocycles. The molecule has 0 radical (unpaired) electrons. The summed E-state index contributed by atoms with van der Waals surface area (Å²) in [5.41, 5.74) is 5.37. The molecule has 0 atom stereocenters. The maximum Gasteiger partial charge on any atom is 0.156 e. The maximum absolute atomic E-state index is 15.1. The van der Waals surface area contributed by atoms with Gasteiger partial charge in [-0.1, -0.05) is 0 Å². The Morgan fingerprint density at radius 3 is 2.68 bits per heavy atom. The molecular formula is C23H25FN6O. The molecule has 31 heavy (non-hydrogen) atoms. The van der Waals surface area contributed by atoms with Crippen molar-refractivity contribution in [3.05, 3.63) is 53.2 Å². The molecule has 7 nitrogen and oxygen atoms in total. The Labute approximate surface area is 179 Å². The van der Waals surface area contributed by atoms with E-state index in [2.05, 4.69) is 25.2 Å². The molecule has 160 valence electrons. The lowest BCUT2D eigenvalue weighted by atomic mass is 9.92. The molecule has 0 aliphatic carbocycles. The molecule has 0 spiro atoms. The molecule has 1 aromatic carbocycles. The number of nitrogens with zero attached hydrogens (tertiary/aromatic N) is 6. The van der Waals surface area contributed by atoms with Crippen LogP contribution in [0, 0.1) is 19.7 Å². The van der Waals surface area contributed by atoms with E-state index >= 15 is 4.39 Å². The van der Waals surface area contributed by atoms with Crippen LogP contribution in [0.3, 0.4) is 0 Å². The Bertz CT molecular complexity index is 1260. The highest BCUT2D eigenvalue weighted by Gasteiger charge is 2.22. The van der Waals surface area contributed by atoms with E-state index in [0.29, 0.717) is 28.7 Å². The number of aryl methyl sites for hydroxylation is 2. The summed E-state index contributed by atoms with van der Waals surface area (Å²) in [6, 6.07) is 7.13. The van der Waals surface area contributed by atoms with Crippen LogP contribution in [0.25, 0.3) is 27.8 Å². The summed E-state index contributed by atoms with van der Waals surface area (Å²) >= 11 is 0. The highest BCUT2D eigenvalue weighted by atomic mass is 19.1. The zero-order valence-electron chi connectivity index (χ0n) is 17.7. The van der Waals surface area contributed by atoms with Crippen molar-refractivity contribution in [3.63, 3.8) is 0 Å². The Balaban J connectivity index is 1.47. The second-order valence-corrected chi connectivity index (χ2v) is 8.36. The van der Waals surface area contributed by atoms with Crippen LogP contribution in [-0.2, 0) is 0 Å². The van der Waals surface area contributed by atoms with Crippen LogP contribution >= 0.6 is 0 Å². The fraction of sp³-hybridized carbons (Fsp3) is 0.391. The first-order chi connectivity index (χ1) is 15.0. The van der Waals surface area contributed by atoms with Gasteiger partial charge >= 0.3 is 0 Å². The molecule has 1 aliphatic heterocycles. The molecule has 1 aliphatic rings. The monoisotopic (exact) mass is 420 g/mol. The number of aliphatic hydroxyl groups excluding tert-OH is 1. The lowest BCUT2D eigenvalue weighted by molar-refractivity contribution is 0.163. The molecule has 1 fully saturated rings. The van der Waals surface area contributed by atoms with Gasteiger partial charge in [-0.05, 0) is 69.6 Å². The van der Waals surface area contributed by atoms with E-state index in [4.69, 9.17) is 5.11 Å². The number of imidazole rings is 1. The standard InChI is InChI=1S/C23H25FN6O/c1-14-9-21(28-30-13-15(2)25-23(14)30)17-10-19(24)18-12-20(26-27-22(18)11-17)16-3-5-29(6-4-16)7-8-31/h9-13,16,31H,3-8H2,1-2H3. The third-order valence-corrected chi connectivity index (χ3v) is 6.12. The highest BCUT2D eigenvalue weighted by molar-refractivity contribution is 5.84. The predicted molar refractivity (Wildman–Crippen MR) is 116 cm³/mol. The number of benzene rings is 1. The van der Waals surface area contributed by atoms with Gasteiger partial charge in [0.1, 0.15) is 5.82 Å². The molecule has 4 heterocycles. The van der Waals surface area contributed by atoms with Gasteiger partial charge in [-0.15, -0.1) is 0 Å². The summed E-state index contributed by atoms with van der Waals surface area (Å²) in [4.78, 5) is 6.71. The van der Waals surface area contributed by atoms with Gasteiger partial charge in [-0.3, -0.25) is 0 Å². The molecule has 4 aromatic rings. The molecule has 0 unspecified atom stereocenters. The highest BCUT2D eigenvalue weighted by Crippen LogP contribution is 2.30. The number of hydrogen-bond donors (Lipinski definition) is 1. The third-order valence-electron chi connectivity index (χ3n) is 6.12. The van der Waals surface area contributed by atoms with Crippen LogP contribution in [0.5, 0.6) is 0 Å².